The topological polar surface area (TPSA) is 61.2 Å². The lowest BCUT2D eigenvalue weighted by molar-refractivity contribution is -0.131. The lowest BCUT2D eigenvalue weighted by atomic mass is 10.0. The number of benzene rings is 2. The van der Waals surface area contributed by atoms with Crippen molar-refractivity contribution >= 4 is 11.7 Å². The molecule has 0 radical (unpaired) electrons. The molecule has 0 aliphatic heterocycles. The van der Waals surface area contributed by atoms with Gasteiger partial charge in [0.15, 0.2) is 5.78 Å². The zero-order valence-corrected chi connectivity index (χ0v) is 16.3. The monoisotopic (exact) mass is 362 g/mol. The summed E-state index contributed by atoms with van der Waals surface area (Å²) in [5, 5.41) is 8.88. The van der Waals surface area contributed by atoms with E-state index in [9.17, 15) is 9.59 Å². The van der Waals surface area contributed by atoms with Gasteiger partial charge in [-0.25, -0.2) is 0 Å². The maximum atomic E-state index is 12.6. The highest BCUT2D eigenvalue weighted by Gasteiger charge is 2.16. The summed E-state index contributed by atoms with van der Waals surface area (Å²) in [6.07, 6.45) is 1.28. The van der Waals surface area contributed by atoms with E-state index in [1.807, 2.05) is 51.1 Å². The Bertz CT molecular complexity index is 848. The molecule has 0 saturated heterocycles. The quantitative estimate of drug-likeness (QED) is 0.646. The van der Waals surface area contributed by atoms with Gasteiger partial charge in [0.05, 0.1) is 11.6 Å². The second kappa shape index (κ2) is 9.68. The molecule has 0 atom stereocenters. The maximum absolute atomic E-state index is 12.6. The Balaban J connectivity index is 1.98. The van der Waals surface area contributed by atoms with Gasteiger partial charge in [-0.1, -0.05) is 31.2 Å². The molecule has 0 fully saturated rings. The Morgan fingerprint density at radius 1 is 1.00 bits per heavy atom. The van der Waals surface area contributed by atoms with Crippen molar-refractivity contribution in [2.75, 3.05) is 6.54 Å². The van der Waals surface area contributed by atoms with Crippen molar-refractivity contribution in [1.29, 1.82) is 5.26 Å². The molecule has 0 aliphatic rings. The van der Waals surface area contributed by atoms with E-state index in [0.717, 1.165) is 23.1 Å². The smallest absolute Gasteiger partial charge is 0.223 e. The van der Waals surface area contributed by atoms with Crippen LogP contribution in [0.5, 0.6) is 0 Å². The lowest BCUT2D eigenvalue weighted by Gasteiger charge is -2.22. The van der Waals surface area contributed by atoms with Crippen molar-refractivity contribution in [1.82, 2.24) is 4.90 Å². The van der Waals surface area contributed by atoms with E-state index in [1.165, 1.54) is 0 Å². The van der Waals surface area contributed by atoms with Gasteiger partial charge in [0.25, 0.3) is 0 Å². The van der Waals surface area contributed by atoms with E-state index in [4.69, 9.17) is 5.26 Å². The SMILES string of the molecule is CCCN(Cc1ccc(C#N)cc1)C(=O)CCC(=O)c1ccc(C)c(C)c1. The fourth-order valence-corrected chi connectivity index (χ4v) is 2.90. The standard InChI is InChI=1S/C23H26N2O2/c1-4-13-25(16-20-8-6-19(15-24)7-9-20)23(27)12-11-22(26)21-10-5-17(2)18(3)14-21/h5-10,14H,4,11-13,16H2,1-3H3. The summed E-state index contributed by atoms with van der Waals surface area (Å²) in [6, 6.07) is 15.0. The average molecular weight is 362 g/mol. The molecular formula is C23H26N2O2. The molecule has 2 aromatic rings. The van der Waals surface area contributed by atoms with Crippen LogP contribution < -0.4 is 0 Å². The van der Waals surface area contributed by atoms with E-state index in [-0.39, 0.29) is 24.5 Å². The molecule has 0 unspecified atom stereocenters. The maximum Gasteiger partial charge on any atom is 0.223 e. The van der Waals surface area contributed by atoms with Crippen LogP contribution in [0.1, 0.15) is 58.8 Å². The Hall–Kier alpha value is -2.93. The van der Waals surface area contributed by atoms with Gasteiger partial charge in [-0.05, 0) is 55.2 Å². The first-order valence-corrected chi connectivity index (χ1v) is 9.32. The fourth-order valence-electron chi connectivity index (χ4n) is 2.90. The van der Waals surface area contributed by atoms with Crippen molar-refractivity contribution in [3.8, 4) is 6.07 Å². The van der Waals surface area contributed by atoms with Gasteiger partial charge in [-0.3, -0.25) is 9.59 Å². The zero-order valence-electron chi connectivity index (χ0n) is 16.3. The summed E-state index contributed by atoms with van der Waals surface area (Å²) >= 11 is 0. The molecule has 0 bridgehead atoms. The van der Waals surface area contributed by atoms with E-state index in [0.29, 0.717) is 24.2 Å². The number of amides is 1. The molecule has 4 heteroatoms. The molecule has 1 amide bonds. The third-order valence-corrected chi connectivity index (χ3v) is 4.70. The number of hydrogen-bond acceptors (Lipinski definition) is 3. The highest BCUT2D eigenvalue weighted by atomic mass is 16.2. The van der Waals surface area contributed by atoms with Crippen LogP contribution in [0.3, 0.4) is 0 Å². The number of carbonyl (C=O) groups is 2. The Morgan fingerprint density at radius 3 is 2.30 bits per heavy atom. The van der Waals surface area contributed by atoms with Gasteiger partial charge in [0, 0.05) is 31.5 Å². The van der Waals surface area contributed by atoms with Gasteiger partial charge >= 0.3 is 0 Å². The molecule has 0 spiro atoms. The molecule has 0 saturated carbocycles. The number of hydrogen-bond donors (Lipinski definition) is 0. The molecule has 2 rings (SSSR count). The van der Waals surface area contributed by atoms with Crippen LogP contribution in [0.4, 0.5) is 0 Å². The number of ketones is 1. The fraction of sp³-hybridized carbons (Fsp3) is 0.348. The van der Waals surface area contributed by atoms with Crippen LogP contribution in [0.15, 0.2) is 42.5 Å². The summed E-state index contributed by atoms with van der Waals surface area (Å²) in [6.45, 7) is 7.17. The Morgan fingerprint density at radius 2 is 1.70 bits per heavy atom. The van der Waals surface area contributed by atoms with Crippen LogP contribution in [0.2, 0.25) is 0 Å². The third kappa shape index (κ3) is 5.79. The molecule has 4 nitrogen and oxygen atoms in total. The van der Waals surface area contributed by atoms with Crippen molar-refractivity contribution in [3.05, 3.63) is 70.3 Å². The third-order valence-electron chi connectivity index (χ3n) is 4.70. The van der Waals surface area contributed by atoms with Crippen LogP contribution in [-0.2, 0) is 11.3 Å². The minimum absolute atomic E-state index is 0.00118. The lowest BCUT2D eigenvalue weighted by Crippen LogP contribution is -2.31. The molecule has 0 aromatic heterocycles. The van der Waals surface area contributed by atoms with Crippen molar-refractivity contribution in [2.45, 2.75) is 46.6 Å². The molecule has 0 aliphatic carbocycles. The number of carbonyl (C=O) groups excluding carboxylic acids is 2. The summed E-state index contributed by atoms with van der Waals surface area (Å²) in [4.78, 5) is 26.8. The first-order chi connectivity index (χ1) is 12.9. The van der Waals surface area contributed by atoms with E-state index in [2.05, 4.69) is 6.07 Å². The van der Waals surface area contributed by atoms with Crippen LogP contribution in [0, 0.1) is 25.2 Å². The van der Waals surface area contributed by atoms with E-state index < -0.39 is 0 Å². The molecule has 0 heterocycles. The zero-order chi connectivity index (χ0) is 19.8. The number of rotatable bonds is 8. The molecular weight excluding hydrogens is 336 g/mol. The van der Waals surface area contributed by atoms with Crippen LogP contribution >= 0.6 is 0 Å². The van der Waals surface area contributed by atoms with Gasteiger partial charge in [-0.15, -0.1) is 0 Å². The summed E-state index contributed by atoms with van der Waals surface area (Å²) < 4.78 is 0. The molecule has 140 valence electrons. The van der Waals surface area contributed by atoms with E-state index in [1.54, 1.807) is 17.0 Å². The highest BCUT2D eigenvalue weighted by molar-refractivity contribution is 5.98. The predicted molar refractivity (Wildman–Crippen MR) is 106 cm³/mol. The predicted octanol–water partition coefficient (Wildman–Crippen LogP) is 4.58. The van der Waals surface area contributed by atoms with Gasteiger partial charge in [-0.2, -0.15) is 5.26 Å². The summed E-state index contributed by atoms with van der Waals surface area (Å²) in [5.41, 5.74) is 4.49. The van der Waals surface area contributed by atoms with Gasteiger partial charge < -0.3 is 4.90 Å². The Kier molecular flexibility index (Phi) is 7.31. The van der Waals surface area contributed by atoms with Crippen molar-refractivity contribution in [3.63, 3.8) is 0 Å². The van der Waals surface area contributed by atoms with E-state index >= 15 is 0 Å². The summed E-state index contributed by atoms with van der Waals surface area (Å²) in [7, 11) is 0. The number of nitriles is 1. The second-order valence-electron chi connectivity index (χ2n) is 6.85. The number of Topliss-reactive ketones (excluding diaryl/α,β-unsaturated/α-hetero) is 1. The van der Waals surface area contributed by atoms with Crippen LogP contribution in [0.25, 0.3) is 0 Å². The minimum Gasteiger partial charge on any atom is -0.338 e. The summed E-state index contributed by atoms with van der Waals surface area (Å²) in [5.74, 6) is -0.0142. The molecule has 2 aromatic carbocycles. The van der Waals surface area contributed by atoms with Gasteiger partial charge in [0.2, 0.25) is 5.91 Å². The van der Waals surface area contributed by atoms with Crippen molar-refractivity contribution in [2.24, 2.45) is 0 Å². The molecule has 0 N–H and O–H groups in total. The number of aryl methyl sites for hydroxylation is 2. The Labute approximate surface area is 161 Å². The normalized spacial score (nSPS) is 10.3. The first-order valence-electron chi connectivity index (χ1n) is 9.32. The van der Waals surface area contributed by atoms with Gasteiger partial charge in [0.1, 0.15) is 0 Å². The molecule has 27 heavy (non-hydrogen) atoms. The first kappa shape index (κ1) is 20.4. The minimum atomic E-state index is -0.0154. The highest BCUT2D eigenvalue weighted by Crippen LogP contribution is 2.14. The number of nitrogens with zero attached hydrogens (tertiary/aromatic N) is 2. The van der Waals surface area contributed by atoms with Crippen LogP contribution in [-0.4, -0.2) is 23.1 Å². The second-order valence-corrected chi connectivity index (χ2v) is 6.85. The van der Waals surface area contributed by atoms with Crippen molar-refractivity contribution < 1.29 is 9.59 Å². The largest absolute Gasteiger partial charge is 0.338 e. The average Bonchev–Trinajstić information content (AvgIpc) is 2.68.